The molecule has 0 aliphatic carbocycles. The lowest BCUT2D eigenvalue weighted by atomic mass is 9.90. The molecule has 1 heterocycles. The SMILES string of the molecule is CCCCN1CC(NCCC)CC(C(C)O)C1. The van der Waals surface area contributed by atoms with Gasteiger partial charge in [0.15, 0.2) is 0 Å². The molecule has 1 fully saturated rings. The molecule has 0 amide bonds. The fourth-order valence-corrected chi connectivity index (χ4v) is 2.64. The van der Waals surface area contributed by atoms with E-state index in [1.165, 1.54) is 25.8 Å². The fourth-order valence-electron chi connectivity index (χ4n) is 2.64. The lowest BCUT2D eigenvalue weighted by Crippen LogP contribution is -2.51. The molecule has 0 spiro atoms. The number of rotatable bonds is 7. The van der Waals surface area contributed by atoms with Crippen LogP contribution >= 0.6 is 0 Å². The first-order valence-electron chi connectivity index (χ1n) is 7.31. The number of aliphatic hydroxyl groups is 1. The second kappa shape index (κ2) is 8.06. The summed E-state index contributed by atoms with van der Waals surface area (Å²) in [6.45, 7) is 10.9. The van der Waals surface area contributed by atoms with Crippen LogP contribution in [0.3, 0.4) is 0 Å². The smallest absolute Gasteiger partial charge is 0.0553 e. The van der Waals surface area contributed by atoms with Crippen molar-refractivity contribution in [1.29, 1.82) is 0 Å². The van der Waals surface area contributed by atoms with E-state index in [0.717, 1.165) is 26.1 Å². The van der Waals surface area contributed by atoms with E-state index in [1.54, 1.807) is 0 Å². The van der Waals surface area contributed by atoms with Crippen LogP contribution in [0.25, 0.3) is 0 Å². The number of likely N-dealkylation sites (tertiary alicyclic amines) is 1. The van der Waals surface area contributed by atoms with E-state index in [0.29, 0.717) is 12.0 Å². The Hall–Kier alpha value is -0.120. The molecular weight excluding hydrogens is 212 g/mol. The molecule has 17 heavy (non-hydrogen) atoms. The summed E-state index contributed by atoms with van der Waals surface area (Å²) in [5.74, 6) is 0.440. The van der Waals surface area contributed by atoms with Crippen molar-refractivity contribution >= 4 is 0 Å². The molecule has 0 aromatic heterocycles. The van der Waals surface area contributed by atoms with Crippen molar-refractivity contribution in [1.82, 2.24) is 10.2 Å². The van der Waals surface area contributed by atoms with E-state index in [9.17, 15) is 5.11 Å². The summed E-state index contributed by atoms with van der Waals surface area (Å²) < 4.78 is 0. The topological polar surface area (TPSA) is 35.5 Å². The van der Waals surface area contributed by atoms with Crippen molar-refractivity contribution in [2.24, 2.45) is 5.92 Å². The van der Waals surface area contributed by atoms with Gasteiger partial charge >= 0.3 is 0 Å². The first-order valence-corrected chi connectivity index (χ1v) is 7.31. The number of aliphatic hydroxyl groups excluding tert-OH is 1. The monoisotopic (exact) mass is 242 g/mol. The second-order valence-corrected chi connectivity index (χ2v) is 5.50. The number of hydrogen-bond acceptors (Lipinski definition) is 3. The molecule has 0 radical (unpaired) electrons. The van der Waals surface area contributed by atoms with Gasteiger partial charge in [-0.3, -0.25) is 0 Å². The van der Waals surface area contributed by atoms with Crippen LogP contribution in [0.1, 0.15) is 46.5 Å². The van der Waals surface area contributed by atoms with Crippen LogP contribution < -0.4 is 5.32 Å². The second-order valence-electron chi connectivity index (χ2n) is 5.50. The van der Waals surface area contributed by atoms with Crippen LogP contribution in [-0.2, 0) is 0 Å². The fraction of sp³-hybridized carbons (Fsp3) is 1.00. The molecule has 1 aliphatic heterocycles. The van der Waals surface area contributed by atoms with E-state index >= 15 is 0 Å². The van der Waals surface area contributed by atoms with Gasteiger partial charge in [-0.15, -0.1) is 0 Å². The maximum Gasteiger partial charge on any atom is 0.0553 e. The zero-order valence-electron chi connectivity index (χ0n) is 11.8. The molecule has 102 valence electrons. The largest absolute Gasteiger partial charge is 0.393 e. The Morgan fingerprint density at radius 3 is 2.65 bits per heavy atom. The zero-order valence-corrected chi connectivity index (χ0v) is 11.8. The molecule has 3 atom stereocenters. The van der Waals surface area contributed by atoms with E-state index in [1.807, 2.05) is 6.92 Å². The molecule has 1 aliphatic rings. The standard InChI is InChI=1S/C14H30N2O/c1-4-6-8-16-10-13(12(3)17)9-14(11-16)15-7-5-2/h12-15,17H,4-11H2,1-3H3. The van der Waals surface area contributed by atoms with Crippen LogP contribution in [0, 0.1) is 5.92 Å². The lowest BCUT2D eigenvalue weighted by molar-refractivity contribution is 0.0477. The summed E-state index contributed by atoms with van der Waals surface area (Å²) in [4.78, 5) is 2.53. The maximum absolute atomic E-state index is 9.81. The molecule has 1 rings (SSSR count). The van der Waals surface area contributed by atoms with E-state index in [4.69, 9.17) is 0 Å². The maximum atomic E-state index is 9.81. The highest BCUT2D eigenvalue weighted by Gasteiger charge is 2.28. The van der Waals surface area contributed by atoms with Gasteiger partial charge in [-0.25, -0.2) is 0 Å². The average molecular weight is 242 g/mol. The Balaban J connectivity index is 2.43. The zero-order chi connectivity index (χ0) is 12.7. The molecule has 2 N–H and O–H groups in total. The summed E-state index contributed by atoms with van der Waals surface area (Å²) in [7, 11) is 0. The molecule has 3 nitrogen and oxygen atoms in total. The van der Waals surface area contributed by atoms with Crippen LogP contribution in [-0.4, -0.2) is 48.3 Å². The van der Waals surface area contributed by atoms with Gasteiger partial charge < -0.3 is 15.3 Å². The van der Waals surface area contributed by atoms with Gasteiger partial charge in [-0.1, -0.05) is 20.3 Å². The summed E-state index contributed by atoms with van der Waals surface area (Å²) in [5, 5.41) is 13.4. The predicted molar refractivity (Wildman–Crippen MR) is 73.2 cm³/mol. The van der Waals surface area contributed by atoms with E-state index in [2.05, 4.69) is 24.1 Å². The molecule has 0 aromatic rings. The van der Waals surface area contributed by atoms with Gasteiger partial charge in [-0.2, -0.15) is 0 Å². The number of nitrogens with one attached hydrogen (secondary N) is 1. The molecule has 0 aromatic carbocycles. The number of hydrogen-bond donors (Lipinski definition) is 2. The van der Waals surface area contributed by atoms with Gasteiger partial charge in [0, 0.05) is 19.1 Å². The minimum Gasteiger partial charge on any atom is -0.393 e. The van der Waals surface area contributed by atoms with E-state index in [-0.39, 0.29) is 6.10 Å². The number of nitrogens with zero attached hydrogens (tertiary/aromatic N) is 1. The van der Waals surface area contributed by atoms with Crippen molar-refractivity contribution in [2.75, 3.05) is 26.2 Å². The van der Waals surface area contributed by atoms with Crippen molar-refractivity contribution in [2.45, 2.75) is 58.6 Å². The van der Waals surface area contributed by atoms with Crippen LogP contribution in [0.2, 0.25) is 0 Å². The molecule has 3 heteroatoms. The minimum atomic E-state index is -0.176. The first kappa shape index (κ1) is 14.9. The van der Waals surface area contributed by atoms with Crippen molar-refractivity contribution in [3.8, 4) is 0 Å². The van der Waals surface area contributed by atoms with Crippen LogP contribution in [0.15, 0.2) is 0 Å². The molecule has 0 bridgehead atoms. The van der Waals surface area contributed by atoms with Crippen molar-refractivity contribution in [3.05, 3.63) is 0 Å². The molecule has 0 saturated carbocycles. The van der Waals surface area contributed by atoms with Gasteiger partial charge in [-0.05, 0) is 45.2 Å². The Morgan fingerprint density at radius 1 is 1.29 bits per heavy atom. The number of piperidine rings is 1. The number of unbranched alkanes of at least 4 members (excludes halogenated alkanes) is 1. The van der Waals surface area contributed by atoms with Gasteiger partial charge in [0.05, 0.1) is 6.10 Å². The van der Waals surface area contributed by atoms with Gasteiger partial charge in [0.1, 0.15) is 0 Å². The highest BCUT2D eigenvalue weighted by atomic mass is 16.3. The Morgan fingerprint density at radius 2 is 2.06 bits per heavy atom. The summed E-state index contributed by atoms with van der Waals surface area (Å²) in [6.07, 6.45) is 4.66. The first-order chi connectivity index (χ1) is 8.17. The van der Waals surface area contributed by atoms with Gasteiger partial charge in [0.2, 0.25) is 0 Å². The molecule has 3 unspecified atom stereocenters. The quantitative estimate of drug-likeness (QED) is 0.715. The van der Waals surface area contributed by atoms with Crippen molar-refractivity contribution in [3.63, 3.8) is 0 Å². The lowest BCUT2D eigenvalue weighted by Gasteiger charge is -2.39. The van der Waals surface area contributed by atoms with Gasteiger partial charge in [0.25, 0.3) is 0 Å². The highest BCUT2D eigenvalue weighted by molar-refractivity contribution is 4.85. The predicted octanol–water partition coefficient (Wildman–Crippen LogP) is 1.86. The van der Waals surface area contributed by atoms with E-state index < -0.39 is 0 Å². The Labute approximate surface area is 107 Å². The summed E-state index contributed by atoms with van der Waals surface area (Å²) in [5.41, 5.74) is 0. The average Bonchev–Trinajstić information content (AvgIpc) is 2.33. The Kier molecular flexibility index (Phi) is 7.09. The van der Waals surface area contributed by atoms with Crippen LogP contribution in [0.4, 0.5) is 0 Å². The normalized spacial score (nSPS) is 28.2. The third kappa shape index (κ3) is 5.36. The summed E-state index contributed by atoms with van der Waals surface area (Å²) >= 11 is 0. The highest BCUT2D eigenvalue weighted by Crippen LogP contribution is 2.20. The molecular formula is C14H30N2O. The third-order valence-electron chi connectivity index (χ3n) is 3.75. The summed E-state index contributed by atoms with van der Waals surface area (Å²) in [6, 6.07) is 0.570. The van der Waals surface area contributed by atoms with Crippen molar-refractivity contribution < 1.29 is 5.11 Å². The van der Waals surface area contributed by atoms with Crippen LogP contribution in [0.5, 0.6) is 0 Å². The Bertz CT molecular complexity index is 181. The third-order valence-corrected chi connectivity index (χ3v) is 3.75. The minimum absolute atomic E-state index is 0.176. The molecule has 1 saturated heterocycles.